The zero-order valence-corrected chi connectivity index (χ0v) is 21.0. The molecule has 2 aromatic carbocycles. The monoisotopic (exact) mass is 509 g/mol. The van der Waals surface area contributed by atoms with E-state index in [1.807, 2.05) is 26.0 Å². The van der Waals surface area contributed by atoms with Crippen molar-refractivity contribution in [3.8, 4) is 0 Å². The molecule has 1 fully saturated rings. The number of aliphatic hydroxyl groups excluding tert-OH is 1. The standard InChI is InChI=1S/C27H34ClF2NO4/c1-3-26(22-14-25(30)24(29)13-19(22)8-9-27(33)34)35-16-21(32)15-31-10-4-5-20(31)11-18-7-6-17(2)23(28)12-18/h6-7,12-14,20-21,26,32H,3-5,8-11,15-16H2,1-2H3,(H,33,34)/t20-,21-,26+/m0/s1. The van der Waals surface area contributed by atoms with Crippen molar-refractivity contribution in [2.45, 2.75) is 70.6 Å². The van der Waals surface area contributed by atoms with E-state index in [-0.39, 0.29) is 19.4 Å². The molecule has 8 heteroatoms. The summed E-state index contributed by atoms with van der Waals surface area (Å²) in [6, 6.07) is 8.54. The molecule has 0 aliphatic carbocycles. The third kappa shape index (κ3) is 7.71. The van der Waals surface area contributed by atoms with Crippen LogP contribution in [0.25, 0.3) is 0 Å². The van der Waals surface area contributed by atoms with E-state index in [4.69, 9.17) is 21.4 Å². The van der Waals surface area contributed by atoms with Gasteiger partial charge in [0.1, 0.15) is 0 Å². The van der Waals surface area contributed by atoms with Crippen molar-refractivity contribution in [1.29, 1.82) is 0 Å². The number of likely N-dealkylation sites (tertiary alicyclic amines) is 1. The first-order valence-corrected chi connectivity index (χ1v) is 12.5. The Hall–Kier alpha value is -2.06. The number of halogens is 3. The number of rotatable bonds is 12. The number of carboxylic acid groups (broad SMARTS) is 1. The van der Waals surface area contributed by atoms with Gasteiger partial charge in [0.25, 0.3) is 0 Å². The Balaban J connectivity index is 1.60. The van der Waals surface area contributed by atoms with Crippen molar-refractivity contribution in [3.63, 3.8) is 0 Å². The lowest BCUT2D eigenvalue weighted by Gasteiger charge is -2.28. The largest absolute Gasteiger partial charge is 0.481 e. The van der Waals surface area contributed by atoms with Gasteiger partial charge >= 0.3 is 5.97 Å². The van der Waals surface area contributed by atoms with Gasteiger partial charge in [-0.05, 0) is 86.0 Å². The van der Waals surface area contributed by atoms with E-state index in [2.05, 4.69) is 11.0 Å². The predicted molar refractivity (Wildman–Crippen MR) is 132 cm³/mol. The number of aliphatic hydroxyl groups is 1. The lowest BCUT2D eigenvalue weighted by Crippen LogP contribution is -2.39. The van der Waals surface area contributed by atoms with Gasteiger partial charge in [-0.3, -0.25) is 9.69 Å². The topological polar surface area (TPSA) is 70.0 Å². The number of carbonyl (C=O) groups is 1. The average molecular weight is 510 g/mol. The first-order chi connectivity index (χ1) is 16.7. The Morgan fingerprint density at radius 3 is 2.69 bits per heavy atom. The van der Waals surface area contributed by atoms with Gasteiger partial charge in [-0.1, -0.05) is 30.7 Å². The summed E-state index contributed by atoms with van der Waals surface area (Å²) in [5.74, 6) is -3.03. The minimum atomic E-state index is -1.02. The van der Waals surface area contributed by atoms with Crippen LogP contribution in [0, 0.1) is 18.6 Å². The van der Waals surface area contributed by atoms with Crippen LogP contribution in [-0.4, -0.2) is 52.9 Å². The first-order valence-electron chi connectivity index (χ1n) is 12.2. The lowest BCUT2D eigenvalue weighted by molar-refractivity contribution is -0.136. The second-order valence-corrected chi connectivity index (χ2v) is 9.73. The van der Waals surface area contributed by atoms with Crippen molar-refractivity contribution in [2.24, 2.45) is 0 Å². The summed E-state index contributed by atoms with van der Waals surface area (Å²) in [5.41, 5.74) is 3.05. The highest BCUT2D eigenvalue weighted by atomic mass is 35.5. The molecule has 0 amide bonds. The van der Waals surface area contributed by atoms with Crippen LogP contribution in [-0.2, 0) is 22.4 Å². The summed E-state index contributed by atoms with van der Waals surface area (Å²) in [6.07, 6.45) is 1.97. The van der Waals surface area contributed by atoms with Gasteiger partial charge in [-0.2, -0.15) is 0 Å². The number of aliphatic carboxylic acids is 1. The summed E-state index contributed by atoms with van der Waals surface area (Å²) in [4.78, 5) is 13.2. The smallest absolute Gasteiger partial charge is 0.303 e. The second-order valence-electron chi connectivity index (χ2n) is 9.32. The maximum atomic E-state index is 14.0. The minimum absolute atomic E-state index is 0.0372. The molecule has 35 heavy (non-hydrogen) atoms. The van der Waals surface area contributed by atoms with Gasteiger partial charge in [0.05, 0.1) is 18.8 Å². The van der Waals surface area contributed by atoms with Crippen molar-refractivity contribution < 1.29 is 28.5 Å². The third-order valence-corrected chi connectivity index (χ3v) is 7.06. The number of hydrogen-bond acceptors (Lipinski definition) is 4. The summed E-state index contributed by atoms with van der Waals surface area (Å²) in [7, 11) is 0. The number of β-amino-alcohol motifs (C(OH)–C–C–N with tert-alkyl or cyclic N) is 1. The summed E-state index contributed by atoms with van der Waals surface area (Å²) >= 11 is 6.28. The van der Waals surface area contributed by atoms with E-state index >= 15 is 0 Å². The Morgan fingerprint density at radius 2 is 2.00 bits per heavy atom. The molecule has 2 N–H and O–H groups in total. The Kier molecular flexibility index (Phi) is 10.0. The van der Waals surface area contributed by atoms with E-state index < -0.39 is 29.8 Å². The molecule has 0 radical (unpaired) electrons. The molecule has 1 aliphatic rings. The maximum Gasteiger partial charge on any atom is 0.303 e. The van der Waals surface area contributed by atoms with Gasteiger partial charge in [0.2, 0.25) is 0 Å². The second kappa shape index (κ2) is 12.8. The van der Waals surface area contributed by atoms with Crippen LogP contribution in [0.2, 0.25) is 5.02 Å². The molecular weight excluding hydrogens is 476 g/mol. The molecule has 5 nitrogen and oxygen atoms in total. The van der Waals surface area contributed by atoms with Crippen molar-refractivity contribution in [2.75, 3.05) is 19.7 Å². The van der Waals surface area contributed by atoms with Crippen LogP contribution in [0.15, 0.2) is 30.3 Å². The van der Waals surface area contributed by atoms with Crippen molar-refractivity contribution in [1.82, 2.24) is 4.90 Å². The third-order valence-electron chi connectivity index (χ3n) is 6.65. The number of nitrogens with zero attached hydrogens (tertiary/aromatic N) is 1. The van der Waals surface area contributed by atoms with E-state index in [0.29, 0.717) is 30.1 Å². The summed E-state index contributed by atoms with van der Waals surface area (Å²) < 4.78 is 33.7. The Morgan fingerprint density at radius 1 is 1.26 bits per heavy atom. The molecule has 1 aliphatic heterocycles. The van der Waals surface area contributed by atoms with Gasteiger partial charge in [0, 0.05) is 24.0 Å². The fourth-order valence-electron chi connectivity index (χ4n) is 4.74. The highest BCUT2D eigenvalue weighted by molar-refractivity contribution is 6.31. The molecule has 192 valence electrons. The maximum absolute atomic E-state index is 14.0. The normalized spacial score (nSPS) is 18.1. The zero-order chi connectivity index (χ0) is 25.5. The molecule has 0 unspecified atom stereocenters. The summed E-state index contributed by atoms with van der Waals surface area (Å²) in [6.45, 7) is 5.20. The van der Waals surface area contributed by atoms with Crippen LogP contribution in [0.1, 0.15) is 61.0 Å². The van der Waals surface area contributed by atoms with E-state index in [1.54, 1.807) is 0 Å². The SMILES string of the molecule is CC[C@@H](OC[C@@H](O)CN1CCC[C@H]1Cc1ccc(C)c(Cl)c1)c1cc(F)c(F)cc1CCC(=O)O. The number of aryl methyl sites for hydroxylation is 2. The molecule has 3 rings (SSSR count). The van der Waals surface area contributed by atoms with E-state index in [0.717, 1.165) is 48.5 Å². The van der Waals surface area contributed by atoms with Gasteiger partial charge in [-0.15, -0.1) is 0 Å². The fourth-order valence-corrected chi connectivity index (χ4v) is 4.94. The Bertz CT molecular complexity index is 1020. The number of ether oxygens (including phenoxy) is 1. The fraction of sp³-hybridized carbons (Fsp3) is 0.519. The van der Waals surface area contributed by atoms with Crippen LogP contribution in [0.5, 0.6) is 0 Å². The highest BCUT2D eigenvalue weighted by Crippen LogP contribution is 2.29. The lowest BCUT2D eigenvalue weighted by atomic mass is 9.96. The number of benzene rings is 2. The predicted octanol–water partition coefficient (Wildman–Crippen LogP) is 5.48. The molecule has 1 saturated heterocycles. The molecule has 0 bridgehead atoms. The summed E-state index contributed by atoms with van der Waals surface area (Å²) in [5, 5.41) is 20.5. The molecule has 1 heterocycles. The van der Waals surface area contributed by atoms with Crippen LogP contribution in [0.4, 0.5) is 8.78 Å². The van der Waals surface area contributed by atoms with Crippen LogP contribution in [0.3, 0.4) is 0 Å². The molecule has 0 aromatic heterocycles. The molecule has 3 atom stereocenters. The molecule has 2 aromatic rings. The minimum Gasteiger partial charge on any atom is -0.481 e. The van der Waals surface area contributed by atoms with Gasteiger partial charge in [-0.25, -0.2) is 8.78 Å². The quantitative estimate of drug-likeness (QED) is 0.396. The van der Waals surface area contributed by atoms with Crippen LogP contribution >= 0.6 is 11.6 Å². The number of carboxylic acids is 1. The Labute approximate surface area is 210 Å². The molecule has 0 spiro atoms. The molecular formula is C27H34ClF2NO4. The van der Waals surface area contributed by atoms with Gasteiger partial charge < -0.3 is 14.9 Å². The van der Waals surface area contributed by atoms with E-state index in [9.17, 15) is 18.7 Å². The highest BCUT2D eigenvalue weighted by Gasteiger charge is 2.27. The number of hydrogen-bond donors (Lipinski definition) is 2. The van der Waals surface area contributed by atoms with Crippen molar-refractivity contribution in [3.05, 3.63) is 69.2 Å². The van der Waals surface area contributed by atoms with E-state index in [1.165, 1.54) is 5.56 Å². The van der Waals surface area contributed by atoms with Crippen LogP contribution < -0.4 is 0 Å². The average Bonchev–Trinajstić information content (AvgIpc) is 3.23. The molecule has 0 saturated carbocycles. The first kappa shape index (κ1) is 27.5. The van der Waals surface area contributed by atoms with Gasteiger partial charge in [0.15, 0.2) is 11.6 Å². The van der Waals surface area contributed by atoms with Crippen molar-refractivity contribution >= 4 is 17.6 Å². The zero-order valence-electron chi connectivity index (χ0n) is 20.3.